The molecule has 8 nitrogen and oxygen atoms in total. The lowest BCUT2D eigenvalue weighted by Crippen LogP contribution is -2.46. The van der Waals surface area contributed by atoms with Gasteiger partial charge in [0, 0.05) is 31.1 Å². The Morgan fingerprint density at radius 2 is 1.97 bits per heavy atom. The van der Waals surface area contributed by atoms with E-state index in [-0.39, 0.29) is 11.9 Å². The number of nitrogens with one attached hydrogen (secondary N) is 2. The second-order valence-corrected chi connectivity index (χ2v) is 7.53. The number of hydrazine groups is 1. The van der Waals surface area contributed by atoms with Gasteiger partial charge in [0.15, 0.2) is 0 Å². The summed E-state index contributed by atoms with van der Waals surface area (Å²) in [5, 5.41) is 0. The summed E-state index contributed by atoms with van der Waals surface area (Å²) in [6, 6.07) is 11.7. The van der Waals surface area contributed by atoms with Crippen LogP contribution in [0.1, 0.15) is 17.9 Å². The fourth-order valence-corrected chi connectivity index (χ4v) is 4.44. The summed E-state index contributed by atoms with van der Waals surface area (Å²) in [6.07, 6.45) is 0.759. The Balaban J connectivity index is 1.39. The van der Waals surface area contributed by atoms with Crippen molar-refractivity contribution in [1.82, 2.24) is 15.8 Å². The largest absolute Gasteiger partial charge is 0.490 e. The Morgan fingerprint density at radius 3 is 2.79 bits per heavy atom. The Hall–Kier alpha value is -2.84. The van der Waals surface area contributed by atoms with Gasteiger partial charge in [0.25, 0.3) is 5.91 Å². The molecule has 2 saturated heterocycles. The monoisotopic (exact) mass is 395 g/mol. The number of methoxy groups -OCH3 is 1. The zero-order valence-electron chi connectivity index (χ0n) is 16.4. The molecule has 0 radical (unpaired) electrons. The molecular formula is C21H25N5O3. The third kappa shape index (κ3) is 3.18. The van der Waals surface area contributed by atoms with E-state index < -0.39 is 0 Å². The summed E-state index contributed by atoms with van der Waals surface area (Å²) < 4.78 is 11.3. The standard InChI is InChI=1S/C21H25N5O3/c1-28-20-15(14-12-22-23-13-14)6-7-19(24-20)26-9-8-17(21(26)27)25-10-11-29-18-5-3-2-4-16(18)25/h2-7,14,17,22-23H,8-13H2,1H3. The van der Waals surface area contributed by atoms with Gasteiger partial charge in [0.1, 0.15) is 24.2 Å². The highest BCUT2D eigenvalue weighted by Gasteiger charge is 2.39. The first kappa shape index (κ1) is 18.2. The number of amides is 1. The third-order valence-corrected chi connectivity index (χ3v) is 5.92. The molecule has 0 bridgehead atoms. The summed E-state index contributed by atoms with van der Waals surface area (Å²) in [5.74, 6) is 2.46. The minimum atomic E-state index is -0.198. The van der Waals surface area contributed by atoms with E-state index in [0.717, 1.165) is 36.5 Å². The molecule has 1 aromatic carbocycles. The normalized spacial score (nSPS) is 22.0. The van der Waals surface area contributed by atoms with Crippen molar-refractivity contribution >= 4 is 17.4 Å². The summed E-state index contributed by atoms with van der Waals surface area (Å²) in [4.78, 5) is 21.9. The number of aromatic nitrogens is 1. The fraction of sp³-hybridized carbons (Fsp3) is 0.429. The van der Waals surface area contributed by atoms with Crippen LogP contribution >= 0.6 is 0 Å². The van der Waals surface area contributed by atoms with Gasteiger partial charge in [0.05, 0.1) is 19.3 Å². The fourth-order valence-electron chi connectivity index (χ4n) is 4.44. The van der Waals surface area contributed by atoms with E-state index in [4.69, 9.17) is 9.47 Å². The summed E-state index contributed by atoms with van der Waals surface area (Å²) in [7, 11) is 1.63. The number of anilines is 2. The van der Waals surface area contributed by atoms with Crippen LogP contribution in [-0.2, 0) is 4.79 Å². The Labute approximate surface area is 169 Å². The maximum absolute atomic E-state index is 13.3. The van der Waals surface area contributed by atoms with Crippen molar-refractivity contribution in [3.63, 3.8) is 0 Å². The molecule has 1 amide bonds. The molecule has 5 rings (SSSR count). The van der Waals surface area contributed by atoms with Crippen molar-refractivity contribution in [2.45, 2.75) is 18.4 Å². The summed E-state index contributed by atoms with van der Waals surface area (Å²) in [5.41, 5.74) is 8.31. The van der Waals surface area contributed by atoms with Crippen LogP contribution < -0.4 is 30.1 Å². The van der Waals surface area contributed by atoms with E-state index in [1.54, 1.807) is 12.0 Å². The zero-order valence-corrected chi connectivity index (χ0v) is 16.4. The Bertz CT molecular complexity index is 915. The van der Waals surface area contributed by atoms with Crippen molar-refractivity contribution in [2.24, 2.45) is 0 Å². The number of nitrogens with zero attached hydrogens (tertiary/aromatic N) is 3. The van der Waals surface area contributed by atoms with Crippen LogP contribution in [0.15, 0.2) is 36.4 Å². The van der Waals surface area contributed by atoms with Gasteiger partial charge < -0.3 is 14.4 Å². The quantitative estimate of drug-likeness (QED) is 0.808. The Kier molecular flexibility index (Phi) is 4.73. The molecule has 3 aliphatic rings. The van der Waals surface area contributed by atoms with Crippen LogP contribution in [0.25, 0.3) is 0 Å². The number of pyridine rings is 1. The average molecular weight is 395 g/mol. The van der Waals surface area contributed by atoms with Crippen molar-refractivity contribution in [3.8, 4) is 11.6 Å². The summed E-state index contributed by atoms with van der Waals surface area (Å²) in [6.45, 7) is 3.60. The van der Waals surface area contributed by atoms with Crippen molar-refractivity contribution in [1.29, 1.82) is 0 Å². The minimum Gasteiger partial charge on any atom is -0.490 e. The lowest BCUT2D eigenvalue weighted by atomic mass is 10.0. The van der Waals surface area contributed by atoms with Crippen LogP contribution in [0.3, 0.4) is 0 Å². The number of fused-ring (bicyclic) bond motifs is 1. The average Bonchev–Trinajstić information content (AvgIpc) is 3.43. The van der Waals surface area contributed by atoms with Crippen LogP contribution in [0.5, 0.6) is 11.6 Å². The number of rotatable bonds is 4. The molecule has 29 heavy (non-hydrogen) atoms. The number of carbonyl (C=O) groups is 1. The van der Waals surface area contributed by atoms with Crippen LogP contribution in [0.2, 0.25) is 0 Å². The topological polar surface area (TPSA) is 79.0 Å². The Morgan fingerprint density at radius 1 is 1.14 bits per heavy atom. The number of benzene rings is 1. The van der Waals surface area contributed by atoms with Crippen molar-refractivity contribution in [3.05, 3.63) is 42.0 Å². The second-order valence-electron chi connectivity index (χ2n) is 7.53. The number of para-hydroxylation sites is 2. The van der Waals surface area contributed by atoms with Gasteiger partial charge in [-0.15, -0.1) is 0 Å². The molecule has 3 aliphatic heterocycles. The molecule has 0 saturated carbocycles. The zero-order chi connectivity index (χ0) is 19.8. The third-order valence-electron chi connectivity index (χ3n) is 5.92. The first-order chi connectivity index (χ1) is 14.3. The molecule has 2 N–H and O–H groups in total. The lowest BCUT2D eigenvalue weighted by molar-refractivity contribution is -0.118. The molecule has 152 valence electrons. The number of ether oxygens (including phenoxy) is 2. The van der Waals surface area contributed by atoms with E-state index in [1.807, 2.05) is 36.4 Å². The number of hydrogen-bond donors (Lipinski definition) is 2. The maximum Gasteiger partial charge on any atom is 0.250 e. The van der Waals surface area contributed by atoms with E-state index >= 15 is 0 Å². The summed E-state index contributed by atoms with van der Waals surface area (Å²) >= 11 is 0. The maximum atomic E-state index is 13.3. The highest BCUT2D eigenvalue weighted by molar-refractivity contribution is 6.01. The van der Waals surface area contributed by atoms with E-state index in [9.17, 15) is 4.79 Å². The minimum absolute atomic E-state index is 0.0770. The van der Waals surface area contributed by atoms with Gasteiger partial charge in [0.2, 0.25) is 5.88 Å². The number of hydrogen-bond acceptors (Lipinski definition) is 7. The first-order valence-electron chi connectivity index (χ1n) is 10.1. The van der Waals surface area contributed by atoms with Gasteiger partial charge in [-0.3, -0.25) is 20.5 Å². The van der Waals surface area contributed by atoms with Crippen molar-refractivity contribution in [2.75, 3.05) is 49.7 Å². The predicted molar refractivity (Wildman–Crippen MR) is 110 cm³/mol. The smallest absolute Gasteiger partial charge is 0.250 e. The molecule has 0 aliphatic carbocycles. The molecular weight excluding hydrogens is 370 g/mol. The molecule has 1 aromatic heterocycles. The van der Waals surface area contributed by atoms with Gasteiger partial charge in [-0.1, -0.05) is 12.1 Å². The van der Waals surface area contributed by atoms with Gasteiger partial charge in [-0.05, 0) is 30.7 Å². The molecule has 4 heterocycles. The molecule has 1 unspecified atom stereocenters. The van der Waals surface area contributed by atoms with E-state index in [0.29, 0.717) is 37.3 Å². The van der Waals surface area contributed by atoms with Crippen LogP contribution in [0, 0.1) is 0 Å². The molecule has 2 fully saturated rings. The van der Waals surface area contributed by atoms with E-state index in [2.05, 4.69) is 20.7 Å². The number of carbonyl (C=O) groups excluding carboxylic acids is 1. The second kappa shape index (κ2) is 7.53. The van der Waals surface area contributed by atoms with Crippen molar-refractivity contribution < 1.29 is 14.3 Å². The van der Waals surface area contributed by atoms with Crippen LogP contribution in [-0.4, -0.2) is 56.8 Å². The molecule has 0 spiro atoms. The van der Waals surface area contributed by atoms with Gasteiger partial charge in [-0.25, -0.2) is 0 Å². The van der Waals surface area contributed by atoms with Gasteiger partial charge >= 0.3 is 0 Å². The SMILES string of the molecule is COc1nc(N2CCC(N3CCOc4ccccc43)C2=O)ccc1C1CNNC1. The highest BCUT2D eigenvalue weighted by Crippen LogP contribution is 2.36. The lowest BCUT2D eigenvalue weighted by Gasteiger charge is -2.34. The van der Waals surface area contributed by atoms with Crippen LogP contribution in [0.4, 0.5) is 11.5 Å². The van der Waals surface area contributed by atoms with Gasteiger partial charge in [-0.2, -0.15) is 4.98 Å². The molecule has 8 heteroatoms. The predicted octanol–water partition coefficient (Wildman–Crippen LogP) is 1.29. The highest BCUT2D eigenvalue weighted by atomic mass is 16.5. The molecule has 1 atom stereocenters. The van der Waals surface area contributed by atoms with E-state index in [1.165, 1.54) is 0 Å². The first-order valence-corrected chi connectivity index (χ1v) is 10.1. The molecule has 2 aromatic rings.